The van der Waals surface area contributed by atoms with Crippen molar-refractivity contribution >= 4 is 23.0 Å². The van der Waals surface area contributed by atoms with Gasteiger partial charge in [-0.3, -0.25) is 4.79 Å². The monoisotopic (exact) mass is 302 g/mol. The Morgan fingerprint density at radius 1 is 1.38 bits per heavy atom. The van der Waals surface area contributed by atoms with E-state index in [-0.39, 0.29) is 16.6 Å². The molecule has 0 saturated carbocycles. The molecule has 1 aromatic heterocycles. The Hall–Kier alpha value is -2.58. The third kappa shape index (κ3) is 2.81. The molecule has 1 aromatic carbocycles. The molecule has 1 N–H and O–H groups in total. The first-order valence-electron chi connectivity index (χ1n) is 5.61. The lowest BCUT2D eigenvalue weighted by atomic mass is 10.2. The molecule has 0 atom stereocenters. The lowest BCUT2D eigenvalue weighted by Gasteiger charge is -2.09. The second-order valence-corrected chi connectivity index (χ2v) is 4.10. The van der Waals surface area contributed by atoms with Gasteiger partial charge in [0, 0.05) is 0 Å². The van der Waals surface area contributed by atoms with Crippen LogP contribution in [0, 0.1) is 0 Å². The highest BCUT2D eigenvalue weighted by Crippen LogP contribution is 2.31. The fraction of sp³-hybridized carbons (Fsp3) is 0.250. The first-order valence-corrected chi connectivity index (χ1v) is 5.61. The minimum atomic E-state index is -4.78. The van der Waals surface area contributed by atoms with Crippen LogP contribution in [-0.4, -0.2) is 33.7 Å². The topological polar surface area (TPSA) is 81.4 Å². The lowest BCUT2D eigenvalue weighted by molar-refractivity contribution is -0.149. The maximum Gasteiger partial charge on any atom is 0.449 e. The number of halogens is 3. The van der Waals surface area contributed by atoms with Crippen molar-refractivity contribution in [3.8, 4) is 0 Å². The molecule has 0 aliphatic carbocycles. The Kier molecular flexibility index (Phi) is 3.58. The van der Waals surface area contributed by atoms with Crippen LogP contribution >= 0.6 is 0 Å². The number of imidazole rings is 1. The van der Waals surface area contributed by atoms with Gasteiger partial charge in [-0.1, -0.05) is 0 Å². The molecule has 0 aliphatic heterocycles. The van der Waals surface area contributed by atoms with Crippen molar-refractivity contribution in [2.45, 2.75) is 12.7 Å². The molecule has 9 heteroatoms. The van der Waals surface area contributed by atoms with E-state index < -0.39 is 30.5 Å². The highest BCUT2D eigenvalue weighted by molar-refractivity contribution is 5.92. The number of fused-ring (bicyclic) bond motifs is 1. The number of hydrogen-bond donors (Lipinski definition) is 1. The smallest absolute Gasteiger partial charge is 0.449 e. The van der Waals surface area contributed by atoms with Gasteiger partial charge in [-0.15, -0.1) is 0 Å². The molecule has 1 heterocycles. The molecule has 0 bridgehead atoms. The number of carboxylic acids is 1. The molecular weight excluding hydrogens is 293 g/mol. The van der Waals surface area contributed by atoms with Gasteiger partial charge >= 0.3 is 18.1 Å². The standard InChI is InChI=1S/C12H9F3N2O4/c1-21-9(18)5-17-8-3-2-6(10(19)20)4-7(8)16-11(17)12(13,14)15/h2-4H,5H2,1H3,(H,19,20). The second-order valence-electron chi connectivity index (χ2n) is 4.10. The van der Waals surface area contributed by atoms with E-state index in [9.17, 15) is 22.8 Å². The van der Waals surface area contributed by atoms with Crippen molar-refractivity contribution < 1.29 is 32.6 Å². The molecule has 0 spiro atoms. The molecule has 112 valence electrons. The van der Waals surface area contributed by atoms with Crippen LogP contribution in [-0.2, 0) is 22.3 Å². The lowest BCUT2D eigenvalue weighted by Crippen LogP contribution is -2.19. The largest absolute Gasteiger partial charge is 0.478 e. The summed E-state index contributed by atoms with van der Waals surface area (Å²) < 4.78 is 43.8. The number of methoxy groups -OCH3 is 1. The van der Waals surface area contributed by atoms with Crippen molar-refractivity contribution in [2.75, 3.05) is 7.11 Å². The van der Waals surface area contributed by atoms with Crippen molar-refractivity contribution in [1.29, 1.82) is 0 Å². The van der Waals surface area contributed by atoms with Gasteiger partial charge in [0.15, 0.2) is 0 Å². The Labute approximate surface area is 115 Å². The minimum Gasteiger partial charge on any atom is -0.478 e. The number of esters is 1. The highest BCUT2D eigenvalue weighted by atomic mass is 19.4. The number of carboxylic acid groups (broad SMARTS) is 1. The fourth-order valence-corrected chi connectivity index (χ4v) is 1.83. The van der Waals surface area contributed by atoms with Gasteiger partial charge in [0.25, 0.3) is 0 Å². The van der Waals surface area contributed by atoms with Crippen molar-refractivity contribution in [3.05, 3.63) is 29.6 Å². The van der Waals surface area contributed by atoms with Gasteiger partial charge < -0.3 is 14.4 Å². The molecule has 0 unspecified atom stereocenters. The summed E-state index contributed by atoms with van der Waals surface area (Å²) in [5.41, 5.74) is -0.359. The summed E-state index contributed by atoms with van der Waals surface area (Å²) in [6.45, 7) is -0.672. The summed E-state index contributed by atoms with van der Waals surface area (Å²) in [4.78, 5) is 25.5. The highest BCUT2D eigenvalue weighted by Gasteiger charge is 2.38. The van der Waals surface area contributed by atoms with E-state index >= 15 is 0 Å². The molecule has 6 nitrogen and oxygen atoms in total. The quantitative estimate of drug-likeness (QED) is 0.876. The van der Waals surface area contributed by atoms with Crippen LogP contribution in [0.25, 0.3) is 11.0 Å². The number of aromatic nitrogens is 2. The van der Waals surface area contributed by atoms with Crippen molar-refractivity contribution in [1.82, 2.24) is 9.55 Å². The number of nitrogens with zero attached hydrogens (tertiary/aromatic N) is 2. The number of ether oxygens (including phenoxy) is 1. The first kappa shape index (κ1) is 14.8. The van der Waals surface area contributed by atoms with Gasteiger partial charge in [-0.05, 0) is 18.2 Å². The van der Waals surface area contributed by atoms with E-state index in [1.807, 2.05) is 0 Å². The summed E-state index contributed by atoms with van der Waals surface area (Å²) in [5.74, 6) is -3.44. The zero-order valence-electron chi connectivity index (χ0n) is 10.6. The predicted octanol–water partition coefficient (Wildman–Crippen LogP) is 1.93. The number of rotatable bonds is 3. The number of aromatic carboxylic acids is 1. The van der Waals surface area contributed by atoms with Crippen LogP contribution in [0.2, 0.25) is 0 Å². The Morgan fingerprint density at radius 2 is 2.05 bits per heavy atom. The first-order chi connectivity index (χ1) is 9.74. The van der Waals surface area contributed by atoms with Crippen LogP contribution in [0.4, 0.5) is 13.2 Å². The third-order valence-corrected chi connectivity index (χ3v) is 2.76. The second kappa shape index (κ2) is 5.08. The molecule has 21 heavy (non-hydrogen) atoms. The van der Waals surface area contributed by atoms with Crippen LogP contribution < -0.4 is 0 Å². The SMILES string of the molecule is COC(=O)Cn1c(C(F)(F)F)nc2cc(C(=O)O)ccc21. The summed E-state index contributed by atoms with van der Waals surface area (Å²) in [5, 5.41) is 8.83. The number of hydrogen-bond acceptors (Lipinski definition) is 4. The van der Waals surface area contributed by atoms with Gasteiger partial charge in [0.1, 0.15) is 6.54 Å². The normalized spacial score (nSPS) is 11.6. The average Bonchev–Trinajstić information content (AvgIpc) is 2.76. The molecular formula is C12H9F3N2O4. The fourth-order valence-electron chi connectivity index (χ4n) is 1.83. The van der Waals surface area contributed by atoms with E-state index in [1.165, 1.54) is 6.07 Å². The van der Waals surface area contributed by atoms with E-state index in [4.69, 9.17) is 5.11 Å². The van der Waals surface area contributed by atoms with E-state index in [0.29, 0.717) is 4.57 Å². The average molecular weight is 302 g/mol. The summed E-state index contributed by atoms with van der Waals surface area (Å²) in [6.07, 6.45) is -4.78. The molecule has 0 amide bonds. The van der Waals surface area contributed by atoms with Crippen LogP contribution in [0.1, 0.15) is 16.2 Å². The summed E-state index contributed by atoms with van der Waals surface area (Å²) in [6, 6.07) is 3.32. The predicted molar refractivity (Wildman–Crippen MR) is 63.7 cm³/mol. The van der Waals surface area contributed by atoms with Crippen LogP contribution in [0.15, 0.2) is 18.2 Å². The molecule has 0 aliphatic rings. The number of benzene rings is 1. The zero-order valence-corrected chi connectivity index (χ0v) is 10.6. The van der Waals surface area contributed by atoms with E-state index in [0.717, 1.165) is 19.2 Å². The maximum absolute atomic E-state index is 12.9. The van der Waals surface area contributed by atoms with Crippen LogP contribution in [0.3, 0.4) is 0 Å². The molecule has 2 rings (SSSR count). The third-order valence-electron chi connectivity index (χ3n) is 2.76. The number of carbonyl (C=O) groups excluding carboxylic acids is 1. The Balaban J connectivity index is 2.66. The van der Waals surface area contributed by atoms with Crippen molar-refractivity contribution in [2.24, 2.45) is 0 Å². The molecule has 2 aromatic rings. The van der Waals surface area contributed by atoms with Gasteiger partial charge in [0.2, 0.25) is 5.82 Å². The van der Waals surface area contributed by atoms with Gasteiger partial charge in [-0.2, -0.15) is 13.2 Å². The van der Waals surface area contributed by atoms with Gasteiger partial charge in [0.05, 0.1) is 23.7 Å². The van der Waals surface area contributed by atoms with Crippen LogP contribution in [0.5, 0.6) is 0 Å². The molecule has 0 radical (unpaired) electrons. The Bertz CT molecular complexity index is 721. The maximum atomic E-state index is 12.9. The van der Waals surface area contributed by atoms with Gasteiger partial charge in [-0.25, -0.2) is 9.78 Å². The number of carbonyl (C=O) groups is 2. The Morgan fingerprint density at radius 3 is 2.57 bits per heavy atom. The molecule has 0 fully saturated rings. The van der Waals surface area contributed by atoms with E-state index in [2.05, 4.69) is 9.72 Å². The summed E-state index contributed by atoms with van der Waals surface area (Å²) >= 11 is 0. The number of alkyl halides is 3. The van der Waals surface area contributed by atoms with E-state index in [1.54, 1.807) is 0 Å². The zero-order chi connectivity index (χ0) is 15.8. The van der Waals surface area contributed by atoms with Crippen molar-refractivity contribution in [3.63, 3.8) is 0 Å². The minimum absolute atomic E-state index is 0.00211. The molecule has 0 saturated heterocycles. The summed E-state index contributed by atoms with van der Waals surface area (Å²) in [7, 11) is 1.05.